The summed E-state index contributed by atoms with van der Waals surface area (Å²) in [5.41, 5.74) is 1.63. The minimum absolute atomic E-state index is 0.174. The zero-order valence-corrected chi connectivity index (χ0v) is 12.4. The Morgan fingerprint density at radius 3 is 2.70 bits per heavy atom. The number of benzene rings is 1. The Morgan fingerprint density at radius 1 is 1.35 bits per heavy atom. The van der Waals surface area contributed by atoms with Crippen LogP contribution in [0.2, 0.25) is 0 Å². The van der Waals surface area contributed by atoms with Gasteiger partial charge in [0.25, 0.3) is 0 Å². The van der Waals surface area contributed by atoms with Gasteiger partial charge in [0.05, 0.1) is 5.69 Å². The first-order chi connectivity index (χ1) is 9.24. The van der Waals surface area contributed by atoms with Crippen LogP contribution in [0, 0.1) is 5.82 Å². The fourth-order valence-corrected chi connectivity index (χ4v) is 2.23. The van der Waals surface area contributed by atoms with Crippen molar-refractivity contribution in [2.45, 2.75) is 39.3 Å². The Hall–Kier alpha value is -1.62. The van der Waals surface area contributed by atoms with Crippen LogP contribution in [0.15, 0.2) is 12.1 Å². The van der Waals surface area contributed by atoms with Crippen LogP contribution in [0.3, 0.4) is 0 Å². The highest BCUT2D eigenvalue weighted by molar-refractivity contribution is 5.85. The number of halogens is 1. The summed E-state index contributed by atoms with van der Waals surface area (Å²) in [5, 5.41) is 2.48. The van der Waals surface area contributed by atoms with E-state index in [1.807, 2.05) is 7.05 Å². The Balaban J connectivity index is 2.16. The molecule has 1 aliphatic heterocycles. The Bertz CT molecular complexity index is 523. The third-order valence-corrected chi connectivity index (χ3v) is 3.13. The number of likely N-dealkylation sites (N-methyl/N-ethyl adjacent to an activating group) is 1. The number of anilines is 1. The maximum Gasteiger partial charge on any atom is 0.412 e. The number of hydrogen-bond acceptors (Lipinski definition) is 3. The van der Waals surface area contributed by atoms with Gasteiger partial charge in [0.15, 0.2) is 0 Å². The molecule has 0 atom stereocenters. The lowest BCUT2D eigenvalue weighted by atomic mass is 9.99. The molecule has 0 saturated carbocycles. The molecule has 0 aromatic heterocycles. The van der Waals surface area contributed by atoms with E-state index in [9.17, 15) is 9.18 Å². The zero-order chi connectivity index (χ0) is 14.9. The van der Waals surface area contributed by atoms with Gasteiger partial charge in [0.2, 0.25) is 0 Å². The van der Waals surface area contributed by atoms with Crippen molar-refractivity contribution in [1.29, 1.82) is 0 Å². The molecular formula is C15H21FN2O2. The van der Waals surface area contributed by atoms with Gasteiger partial charge in [-0.25, -0.2) is 9.18 Å². The second kappa shape index (κ2) is 5.40. The van der Waals surface area contributed by atoms with Gasteiger partial charge in [-0.3, -0.25) is 5.32 Å². The second-order valence-corrected chi connectivity index (χ2v) is 6.22. The molecule has 5 heteroatoms. The number of nitrogens with one attached hydrogen (secondary N) is 1. The quantitative estimate of drug-likeness (QED) is 0.859. The first kappa shape index (κ1) is 14.8. The largest absolute Gasteiger partial charge is 0.444 e. The highest BCUT2D eigenvalue weighted by Gasteiger charge is 2.20. The van der Waals surface area contributed by atoms with Crippen molar-refractivity contribution in [2.75, 3.05) is 18.9 Å². The molecule has 4 nitrogen and oxygen atoms in total. The van der Waals surface area contributed by atoms with Crippen molar-refractivity contribution in [3.63, 3.8) is 0 Å². The lowest BCUT2D eigenvalue weighted by Crippen LogP contribution is -2.29. The van der Waals surface area contributed by atoms with Gasteiger partial charge in [-0.2, -0.15) is 0 Å². The van der Waals surface area contributed by atoms with Gasteiger partial charge in [-0.05, 0) is 57.5 Å². The van der Waals surface area contributed by atoms with Crippen LogP contribution < -0.4 is 5.32 Å². The van der Waals surface area contributed by atoms with E-state index < -0.39 is 17.5 Å². The molecule has 0 spiro atoms. The average Bonchev–Trinajstić information content (AvgIpc) is 2.28. The number of carbonyl (C=O) groups is 1. The summed E-state index contributed by atoms with van der Waals surface area (Å²) < 4.78 is 19.1. The smallest absolute Gasteiger partial charge is 0.412 e. The summed E-state index contributed by atoms with van der Waals surface area (Å²) in [4.78, 5) is 13.9. The fraction of sp³-hybridized carbons (Fsp3) is 0.533. The zero-order valence-electron chi connectivity index (χ0n) is 12.4. The van der Waals surface area contributed by atoms with Gasteiger partial charge >= 0.3 is 6.09 Å². The Labute approximate surface area is 118 Å². The van der Waals surface area contributed by atoms with E-state index in [1.54, 1.807) is 26.8 Å². The lowest BCUT2D eigenvalue weighted by molar-refractivity contribution is 0.0635. The molecule has 0 aliphatic carbocycles. The molecule has 1 heterocycles. The molecule has 1 aromatic carbocycles. The van der Waals surface area contributed by atoms with Crippen molar-refractivity contribution in [3.05, 3.63) is 29.1 Å². The normalized spacial score (nSPS) is 15.7. The first-order valence-electron chi connectivity index (χ1n) is 6.74. The standard InChI is InChI=1S/C15H21FN2O2/c1-15(2,3)20-14(19)17-13-8-11-9-18(4)6-5-10(11)7-12(13)16/h7-8H,5-6,9H2,1-4H3,(H,17,19). The third kappa shape index (κ3) is 3.70. The van der Waals surface area contributed by atoms with Gasteiger partial charge in [0.1, 0.15) is 11.4 Å². The Morgan fingerprint density at radius 2 is 2.05 bits per heavy atom. The minimum Gasteiger partial charge on any atom is -0.444 e. The second-order valence-electron chi connectivity index (χ2n) is 6.22. The van der Waals surface area contributed by atoms with E-state index in [1.165, 1.54) is 6.07 Å². The van der Waals surface area contributed by atoms with Crippen LogP contribution in [0.25, 0.3) is 0 Å². The molecule has 20 heavy (non-hydrogen) atoms. The van der Waals surface area contributed by atoms with Crippen LogP contribution >= 0.6 is 0 Å². The van der Waals surface area contributed by atoms with E-state index >= 15 is 0 Å². The molecule has 110 valence electrons. The van der Waals surface area contributed by atoms with E-state index in [2.05, 4.69) is 10.2 Å². The van der Waals surface area contributed by atoms with E-state index in [0.29, 0.717) is 0 Å². The topological polar surface area (TPSA) is 41.6 Å². The number of hydrogen-bond donors (Lipinski definition) is 1. The number of ether oxygens (including phenoxy) is 1. The summed E-state index contributed by atoms with van der Waals surface area (Å²) in [7, 11) is 2.02. The van der Waals surface area contributed by atoms with E-state index in [-0.39, 0.29) is 5.69 Å². The SMILES string of the molecule is CN1CCc2cc(F)c(NC(=O)OC(C)(C)C)cc2C1. The molecule has 1 amide bonds. The summed E-state index contributed by atoms with van der Waals surface area (Å²) in [6.07, 6.45) is 0.190. The molecule has 1 aromatic rings. The minimum atomic E-state index is -0.638. The van der Waals surface area contributed by atoms with E-state index in [4.69, 9.17) is 4.74 Å². The van der Waals surface area contributed by atoms with Crippen molar-refractivity contribution in [1.82, 2.24) is 4.90 Å². The Kier molecular flexibility index (Phi) is 3.99. The molecule has 2 rings (SSSR count). The molecule has 0 fully saturated rings. The fourth-order valence-electron chi connectivity index (χ4n) is 2.23. The van der Waals surface area contributed by atoms with Gasteiger partial charge < -0.3 is 9.64 Å². The molecular weight excluding hydrogens is 259 g/mol. The van der Waals surface area contributed by atoms with Gasteiger partial charge in [-0.15, -0.1) is 0 Å². The van der Waals surface area contributed by atoms with Gasteiger partial charge in [-0.1, -0.05) is 0 Å². The van der Waals surface area contributed by atoms with Crippen LogP contribution in [0.1, 0.15) is 31.9 Å². The summed E-state index contributed by atoms with van der Waals surface area (Å²) in [5.74, 6) is -0.417. The van der Waals surface area contributed by atoms with Crippen LogP contribution in [-0.2, 0) is 17.7 Å². The number of carbonyl (C=O) groups excluding carboxylic acids is 1. The number of fused-ring (bicyclic) bond motifs is 1. The summed E-state index contributed by atoms with van der Waals surface area (Å²) >= 11 is 0. The maximum atomic E-state index is 14.0. The van der Waals surface area contributed by atoms with Crippen LogP contribution in [0.5, 0.6) is 0 Å². The van der Waals surface area contributed by atoms with Crippen molar-refractivity contribution < 1.29 is 13.9 Å². The number of amides is 1. The number of rotatable bonds is 1. The van der Waals surface area contributed by atoms with Crippen molar-refractivity contribution in [2.24, 2.45) is 0 Å². The number of nitrogens with zero attached hydrogens (tertiary/aromatic N) is 1. The summed E-state index contributed by atoms with van der Waals surface area (Å²) in [6, 6.07) is 3.21. The molecule has 0 bridgehead atoms. The molecule has 0 radical (unpaired) electrons. The maximum absolute atomic E-state index is 14.0. The van der Waals surface area contributed by atoms with Crippen LogP contribution in [0.4, 0.5) is 14.9 Å². The monoisotopic (exact) mass is 280 g/mol. The molecule has 1 N–H and O–H groups in total. The average molecular weight is 280 g/mol. The predicted molar refractivity (Wildman–Crippen MR) is 76.3 cm³/mol. The molecule has 1 aliphatic rings. The first-order valence-corrected chi connectivity index (χ1v) is 6.74. The predicted octanol–water partition coefficient (Wildman–Crippen LogP) is 3.16. The van der Waals surface area contributed by atoms with Gasteiger partial charge in [0, 0.05) is 13.1 Å². The van der Waals surface area contributed by atoms with E-state index in [0.717, 1.165) is 30.6 Å². The highest BCUT2D eigenvalue weighted by Crippen LogP contribution is 2.25. The molecule has 0 unspecified atom stereocenters. The van der Waals surface area contributed by atoms with Crippen LogP contribution in [-0.4, -0.2) is 30.2 Å². The van der Waals surface area contributed by atoms with Crippen molar-refractivity contribution >= 4 is 11.8 Å². The summed E-state index contributed by atoms with van der Waals surface area (Å²) in [6.45, 7) is 6.99. The van der Waals surface area contributed by atoms with Crippen molar-refractivity contribution in [3.8, 4) is 0 Å². The highest BCUT2D eigenvalue weighted by atomic mass is 19.1. The molecule has 0 saturated heterocycles. The lowest BCUT2D eigenvalue weighted by Gasteiger charge is -2.26. The third-order valence-electron chi connectivity index (χ3n) is 3.13.